The Kier molecular flexibility index (Phi) is 5.48. The van der Waals surface area contributed by atoms with Gasteiger partial charge in [0, 0.05) is 18.8 Å². The number of rotatable bonds is 4. The normalized spacial score (nSPS) is 15.2. The van der Waals surface area contributed by atoms with E-state index in [-0.39, 0.29) is 6.01 Å². The van der Waals surface area contributed by atoms with E-state index >= 15 is 0 Å². The Morgan fingerprint density at radius 1 is 1.00 bits per heavy atom. The van der Waals surface area contributed by atoms with Crippen LogP contribution in [0, 0.1) is 0 Å². The molecule has 1 aromatic heterocycles. The third-order valence-electron chi connectivity index (χ3n) is 5.16. The number of alkyl halides is 3. The standard InChI is InChI=1S/C22H20F3N3O2/c23-22(24,25)19-18(20(29)26-17-9-5-2-6-10-17)30-21(27-19)28-13-11-16(12-14-28)15-7-3-1-4-8-15/h1-10,16H,11-14H2,(H,26,29). The molecule has 1 aliphatic heterocycles. The zero-order valence-corrected chi connectivity index (χ0v) is 16.0. The second kappa shape index (κ2) is 8.22. The largest absolute Gasteiger partial charge is 0.437 e. The summed E-state index contributed by atoms with van der Waals surface area (Å²) in [4.78, 5) is 17.8. The minimum atomic E-state index is -4.80. The number of hydrogen-bond acceptors (Lipinski definition) is 4. The molecule has 2 heterocycles. The average Bonchev–Trinajstić information content (AvgIpc) is 3.22. The molecule has 0 radical (unpaired) electrons. The van der Waals surface area contributed by atoms with E-state index in [0.29, 0.717) is 24.7 Å². The molecule has 0 bridgehead atoms. The van der Waals surface area contributed by atoms with E-state index < -0.39 is 23.5 Å². The van der Waals surface area contributed by atoms with Gasteiger partial charge in [-0.05, 0) is 36.5 Å². The number of benzene rings is 2. The van der Waals surface area contributed by atoms with Crippen LogP contribution in [0.15, 0.2) is 65.1 Å². The van der Waals surface area contributed by atoms with Gasteiger partial charge < -0.3 is 14.6 Å². The molecule has 8 heteroatoms. The van der Waals surface area contributed by atoms with Crippen LogP contribution in [0.4, 0.5) is 24.9 Å². The number of halogens is 3. The average molecular weight is 415 g/mol. The zero-order chi connectivity index (χ0) is 21.1. The van der Waals surface area contributed by atoms with E-state index in [1.807, 2.05) is 18.2 Å². The van der Waals surface area contributed by atoms with Crippen molar-refractivity contribution in [3.8, 4) is 0 Å². The summed E-state index contributed by atoms with van der Waals surface area (Å²) in [5.41, 5.74) is 0.275. The molecule has 0 unspecified atom stereocenters. The Balaban J connectivity index is 1.53. The van der Waals surface area contributed by atoms with Crippen LogP contribution >= 0.6 is 0 Å². The molecule has 1 saturated heterocycles. The van der Waals surface area contributed by atoms with E-state index in [0.717, 1.165) is 12.8 Å². The second-order valence-corrected chi connectivity index (χ2v) is 7.16. The summed E-state index contributed by atoms with van der Waals surface area (Å²) >= 11 is 0. The first kappa shape index (κ1) is 20.0. The molecule has 1 fully saturated rings. The van der Waals surface area contributed by atoms with Crippen molar-refractivity contribution in [3.05, 3.63) is 77.7 Å². The van der Waals surface area contributed by atoms with Crippen LogP contribution < -0.4 is 10.2 Å². The van der Waals surface area contributed by atoms with Crippen LogP contribution in [-0.4, -0.2) is 24.0 Å². The number of carbonyl (C=O) groups is 1. The minimum Gasteiger partial charge on any atom is -0.417 e. The van der Waals surface area contributed by atoms with Gasteiger partial charge in [-0.15, -0.1) is 0 Å². The Hall–Kier alpha value is -3.29. The predicted octanol–water partition coefficient (Wildman–Crippen LogP) is 5.33. The number of hydrogen-bond donors (Lipinski definition) is 1. The van der Waals surface area contributed by atoms with E-state index in [1.54, 1.807) is 35.2 Å². The molecule has 0 spiro atoms. The van der Waals surface area contributed by atoms with Gasteiger partial charge in [-0.2, -0.15) is 18.2 Å². The molecule has 0 saturated carbocycles. The lowest BCUT2D eigenvalue weighted by Crippen LogP contribution is -2.33. The van der Waals surface area contributed by atoms with Crippen LogP contribution in [-0.2, 0) is 6.18 Å². The molecule has 0 atom stereocenters. The number of anilines is 2. The summed E-state index contributed by atoms with van der Waals surface area (Å²) in [6, 6.07) is 18.1. The van der Waals surface area contributed by atoms with E-state index in [9.17, 15) is 18.0 Å². The maximum Gasteiger partial charge on any atom is 0.437 e. The first-order valence-corrected chi connectivity index (χ1v) is 9.66. The molecular formula is C22H20F3N3O2. The highest BCUT2D eigenvalue weighted by atomic mass is 19.4. The number of carbonyl (C=O) groups excluding carboxylic acids is 1. The lowest BCUT2D eigenvalue weighted by molar-refractivity contribution is -0.141. The number of piperidine rings is 1. The van der Waals surface area contributed by atoms with Crippen molar-refractivity contribution in [3.63, 3.8) is 0 Å². The summed E-state index contributed by atoms with van der Waals surface area (Å²) in [7, 11) is 0. The minimum absolute atomic E-state index is 0.174. The van der Waals surface area contributed by atoms with Crippen molar-refractivity contribution in [2.24, 2.45) is 0 Å². The van der Waals surface area contributed by atoms with Crippen molar-refractivity contribution in [2.45, 2.75) is 24.9 Å². The summed E-state index contributed by atoms with van der Waals surface area (Å²) < 4.78 is 45.8. The molecule has 1 amide bonds. The third kappa shape index (κ3) is 4.32. The molecule has 1 aliphatic rings. The summed E-state index contributed by atoms with van der Waals surface area (Å²) in [6.45, 7) is 0.994. The zero-order valence-electron chi connectivity index (χ0n) is 16.0. The maximum atomic E-state index is 13.5. The van der Waals surface area contributed by atoms with Gasteiger partial charge in [0.25, 0.3) is 11.9 Å². The topological polar surface area (TPSA) is 58.4 Å². The molecule has 30 heavy (non-hydrogen) atoms. The monoisotopic (exact) mass is 415 g/mol. The summed E-state index contributed by atoms with van der Waals surface area (Å²) in [5, 5.41) is 2.42. The van der Waals surface area contributed by atoms with Crippen molar-refractivity contribution in [2.75, 3.05) is 23.3 Å². The van der Waals surface area contributed by atoms with Gasteiger partial charge in [-0.1, -0.05) is 48.5 Å². The fourth-order valence-electron chi connectivity index (χ4n) is 3.63. The fraction of sp³-hybridized carbons (Fsp3) is 0.273. The second-order valence-electron chi connectivity index (χ2n) is 7.16. The van der Waals surface area contributed by atoms with Crippen molar-refractivity contribution < 1.29 is 22.4 Å². The quantitative estimate of drug-likeness (QED) is 0.626. The number of para-hydroxylation sites is 1. The van der Waals surface area contributed by atoms with Crippen molar-refractivity contribution in [1.29, 1.82) is 0 Å². The van der Waals surface area contributed by atoms with Crippen LogP contribution in [0.25, 0.3) is 0 Å². The van der Waals surface area contributed by atoms with Gasteiger partial charge in [0.1, 0.15) is 0 Å². The molecule has 2 aromatic carbocycles. The molecule has 1 N–H and O–H groups in total. The molecule has 3 aromatic rings. The summed E-state index contributed by atoms with van der Waals surface area (Å²) in [6.07, 6.45) is -3.27. The van der Waals surface area contributed by atoms with Gasteiger partial charge in [0.15, 0.2) is 5.69 Å². The SMILES string of the molecule is O=C(Nc1ccccc1)c1oc(N2CCC(c3ccccc3)CC2)nc1C(F)(F)F. The highest BCUT2D eigenvalue weighted by Crippen LogP contribution is 2.36. The molecule has 5 nitrogen and oxygen atoms in total. The van der Waals surface area contributed by atoms with Crippen LogP contribution in [0.5, 0.6) is 0 Å². The number of nitrogens with zero attached hydrogens (tertiary/aromatic N) is 2. The number of oxazole rings is 1. The van der Waals surface area contributed by atoms with E-state index in [4.69, 9.17) is 4.42 Å². The Labute approximate surface area is 171 Å². The number of amides is 1. The predicted molar refractivity (Wildman–Crippen MR) is 107 cm³/mol. The molecular weight excluding hydrogens is 395 g/mol. The fourth-order valence-corrected chi connectivity index (χ4v) is 3.63. The lowest BCUT2D eigenvalue weighted by Gasteiger charge is -2.31. The Bertz CT molecular complexity index is 995. The number of nitrogens with one attached hydrogen (secondary N) is 1. The highest BCUT2D eigenvalue weighted by Gasteiger charge is 2.42. The van der Waals surface area contributed by atoms with Gasteiger partial charge in [0.2, 0.25) is 5.76 Å². The molecule has 0 aliphatic carbocycles. The maximum absolute atomic E-state index is 13.5. The van der Waals surface area contributed by atoms with E-state index in [2.05, 4.69) is 22.4 Å². The summed E-state index contributed by atoms with van der Waals surface area (Å²) in [5.74, 6) is -1.47. The van der Waals surface area contributed by atoms with Crippen molar-refractivity contribution >= 4 is 17.6 Å². The number of aromatic nitrogens is 1. The smallest absolute Gasteiger partial charge is 0.417 e. The van der Waals surface area contributed by atoms with Crippen LogP contribution in [0.1, 0.15) is 40.6 Å². The Morgan fingerprint density at radius 3 is 2.20 bits per heavy atom. The lowest BCUT2D eigenvalue weighted by atomic mass is 9.90. The van der Waals surface area contributed by atoms with Gasteiger partial charge in [-0.3, -0.25) is 4.79 Å². The van der Waals surface area contributed by atoms with Gasteiger partial charge in [-0.25, -0.2) is 0 Å². The third-order valence-corrected chi connectivity index (χ3v) is 5.16. The Morgan fingerprint density at radius 2 is 1.60 bits per heavy atom. The van der Waals surface area contributed by atoms with Crippen LogP contribution in [0.3, 0.4) is 0 Å². The van der Waals surface area contributed by atoms with Gasteiger partial charge in [0.05, 0.1) is 0 Å². The van der Waals surface area contributed by atoms with Gasteiger partial charge >= 0.3 is 6.18 Å². The highest BCUT2D eigenvalue weighted by molar-refractivity contribution is 6.03. The van der Waals surface area contributed by atoms with Crippen LogP contribution in [0.2, 0.25) is 0 Å². The molecule has 156 valence electrons. The first-order chi connectivity index (χ1) is 14.4. The first-order valence-electron chi connectivity index (χ1n) is 9.66. The van der Waals surface area contributed by atoms with E-state index in [1.165, 1.54) is 5.56 Å². The van der Waals surface area contributed by atoms with Crippen molar-refractivity contribution in [1.82, 2.24) is 4.98 Å². The molecule has 4 rings (SSSR count).